The number of azo groups is 1. The van der Waals surface area contributed by atoms with Gasteiger partial charge in [-0.25, -0.2) is 9.55 Å². The molecule has 2 aromatic carbocycles. The smallest absolute Gasteiger partial charge is 0.268 e. The number of hydrogen-bond acceptors (Lipinski definition) is 7. The Bertz CT molecular complexity index is 1240. The van der Waals surface area contributed by atoms with Crippen LogP contribution in [0.4, 0.5) is 0 Å². The highest BCUT2D eigenvalue weighted by Crippen LogP contribution is 2.19. The Kier molecular flexibility index (Phi) is 5.62. The highest BCUT2D eigenvalue weighted by atomic mass is 32.1. The molecule has 144 valence electrons. The van der Waals surface area contributed by atoms with Crippen molar-refractivity contribution in [2.45, 2.75) is 13.5 Å². The van der Waals surface area contributed by atoms with Gasteiger partial charge < -0.3 is 0 Å². The van der Waals surface area contributed by atoms with Gasteiger partial charge in [-0.05, 0) is 30.7 Å². The summed E-state index contributed by atoms with van der Waals surface area (Å²) in [5.41, 5.74) is 1.48. The lowest BCUT2D eigenvalue weighted by molar-refractivity contribution is 0.840. The van der Waals surface area contributed by atoms with Gasteiger partial charge in [0.2, 0.25) is 5.13 Å². The molecule has 0 fully saturated rings. The predicted molar refractivity (Wildman–Crippen MR) is 115 cm³/mol. The quantitative estimate of drug-likeness (QED) is 0.448. The molecule has 0 atom stereocenters. The van der Waals surface area contributed by atoms with Gasteiger partial charge in [-0.15, -0.1) is 10.2 Å². The molecule has 0 saturated carbocycles. The maximum atomic E-state index is 13.2. The molecular weight excluding hydrogens is 384 g/mol. The van der Waals surface area contributed by atoms with Crippen LogP contribution < -0.4 is 5.56 Å². The largest absolute Gasteiger partial charge is 0.268 e. The Balaban J connectivity index is 1.83. The molecule has 8 heteroatoms. The van der Waals surface area contributed by atoms with E-state index in [1.807, 2.05) is 67.6 Å². The highest BCUT2D eigenvalue weighted by molar-refractivity contribution is 7.13. The van der Waals surface area contributed by atoms with E-state index in [0.717, 1.165) is 5.56 Å². The van der Waals surface area contributed by atoms with Crippen molar-refractivity contribution < 1.29 is 0 Å². The van der Waals surface area contributed by atoms with E-state index < -0.39 is 0 Å². The SMILES string of the molecule is CCN=NCc1nnc(-n2c(/C=C/c3ccccc3)nc3ccccc3c2=O)s1. The molecule has 0 aliphatic carbocycles. The first-order valence-corrected chi connectivity index (χ1v) is 9.99. The maximum Gasteiger partial charge on any atom is 0.268 e. The Labute approximate surface area is 171 Å². The molecule has 0 aliphatic rings. The fourth-order valence-electron chi connectivity index (χ4n) is 2.79. The fraction of sp³-hybridized carbons (Fsp3) is 0.143. The van der Waals surface area contributed by atoms with Gasteiger partial charge in [0.25, 0.3) is 5.56 Å². The van der Waals surface area contributed by atoms with Crippen LogP contribution in [0.15, 0.2) is 69.6 Å². The van der Waals surface area contributed by atoms with Crippen molar-refractivity contribution in [2.75, 3.05) is 6.54 Å². The highest BCUT2D eigenvalue weighted by Gasteiger charge is 2.15. The van der Waals surface area contributed by atoms with Gasteiger partial charge in [0.1, 0.15) is 17.4 Å². The third-order valence-electron chi connectivity index (χ3n) is 4.12. The summed E-state index contributed by atoms with van der Waals surface area (Å²) < 4.78 is 1.50. The first kappa shape index (κ1) is 18.8. The molecule has 0 N–H and O–H groups in total. The number of nitrogens with zero attached hydrogens (tertiary/aromatic N) is 6. The van der Waals surface area contributed by atoms with Crippen molar-refractivity contribution in [2.24, 2.45) is 10.2 Å². The third kappa shape index (κ3) is 4.17. The molecule has 2 aromatic heterocycles. The second-order valence-corrected chi connectivity index (χ2v) is 7.15. The van der Waals surface area contributed by atoms with Crippen LogP contribution in [0.25, 0.3) is 28.2 Å². The number of benzene rings is 2. The number of aromatic nitrogens is 4. The Morgan fingerprint density at radius 1 is 1.00 bits per heavy atom. The van der Waals surface area contributed by atoms with Crippen molar-refractivity contribution in [1.29, 1.82) is 0 Å². The van der Waals surface area contributed by atoms with E-state index in [1.54, 1.807) is 6.07 Å². The van der Waals surface area contributed by atoms with E-state index >= 15 is 0 Å². The zero-order chi connectivity index (χ0) is 20.1. The van der Waals surface area contributed by atoms with Gasteiger partial charge in [-0.3, -0.25) is 4.79 Å². The predicted octanol–water partition coefficient (Wildman–Crippen LogP) is 4.38. The lowest BCUT2D eigenvalue weighted by Crippen LogP contribution is -2.22. The molecule has 0 spiro atoms. The zero-order valence-corrected chi connectivity index (χ0v) is 16.6. The third-order valence-corrected chi connectivity index (χ3v) is 5.01. The van der Waals surface area contributed by atoms with Gasteiger partial charge in [-0.2, -0.15) is 10.2 Å². The molecule has 4 aromatic rings. The molecule has 0 aliphatic heterocycles. The minimum absolute atomic E-state index is 0.179. The van der Waals surface area contributed by atoms with Gasteiger partial charge in [0, 0.05) is 0 Å². The average molecular weight is 402 g/mol. The van der Waals surface area contributed by atoms with E-state index in [2.05, 4.69) is 25.4 Å². The van der Waals surface area contributed by atoms with Crippen LogP contribution in [0.3, 0.4) is 0 Å². The minimum Gasteiger partial charge on any atom is -0.268 e. The van der Waals surface area contributed by atoms with Gasteiger partial charge in [0.15, 0.2) is 0 Å². The molecule has 2 heterocycles. The first-order chi connectivity index (χ1) is 14.3. The normalized spacial score (nSPS) is 11.8. The number of rotatable bonds is 6. The van der Waals surface area contributed by atoms with Gasteiger partial charge >= 0.3 is 0 Å². The summed E-state index contributed by atoms with van der Waals surface area (Å²) in [4.78, 5) is 17.9. The monoisotopic (exact) mass is 402 g/mol. The molecule has 0 amide bonds. The van der Waals surface area contributed by atoms with Crippen LogP contribution in [0.5, 0.6) is 0 Å². The summed E-state index contributed by atoms with van der Waals surface area (Å²) in [5, 5.41) is 18.1. The molecule has 0 radical (unpaired) electrons. The molecule has 29 heavy (non-hydrogen) atoms. The zero-order valence-electron chi connectivity index (χ0n) is 15.8. The molecule has 0 saturated heterocycles. The summed E-state index contributed by atoms with van der Waals surface area (Å²) in [6.07, 6.45) is 3.74. The number of para-hydroxylation sites is 1. The second kappa shape index (κ2) is 8.66. The minimum atomic E-state index is -0.179. The van der Waals surface area contributed by atoms with Crippen LogP contribution in [0.1, 0.15) is 23.3 Å². The van der Waals surface area contributed by atoms with Crippen molar-refractivity contribution >= 4 is 34.4 Å². The standard InChI is InChI=1S/C21H18N6OS/c1-2-22-23-14-19-25-26-21(29-19)27-18(13-12-15-8-4-3-5-9-15)24-17-11-7-6-10-16(17)20(27)28/h3-13H,2,14H2,1H3/b13-12+,23-22?. The van der Waals surface area contributed by atoms with Gasteiger partial charge in [0.05, 0.1) is 17.4 Å². The lowest BCUT2D eigenvalue weighted by atomic mass is 10.2. The summed E-state index contributed by atoms with van der Waals surface area (Å²) in [7, 11) is 0. The number of hydrogen-bond donors (Lipinski definition) is 0. The lowest BCUT2D eigenvalue weighted by Gasteiger charge is -2.07. The summed E-state index contributed by atoms with van der Waals surface area (Å²) in [5.74, 6) is 0.496. The average Bonchev–Trinajstić information content (AvgIpc) is 3.21. The molecule has 0 unspecified atom stereocenters. The Hall–Kier alpha value is -3.52. The van der Waals surface area contributed by atoms with E-state index in [4.69, 9.17) is 0 Å². The Morgan fingerprint density at radius 3 is 2.62 bits per heavy atom. The number of fused-ring (bicyclic) bond motifs is 1. The topological polar surface area (TPSA) is 85.4 Å². The van der Waals surface area contributed by atoms with Crippen molar-refractivity contribution in [3.8, 4) is 5.13 Å². The van der Waals surface area contributed by atoms with Crippen molar-refractivity contribution in [3.05, 3.63) is 81.3 Å². The molecule has 7 nitrogen and oxygen atoms in total. The Morgan fingerprint density at radius 2 is 1.79 bits per heavy atom. The van der Waals surface area contributed by atoms with E-state index in [0.29, 0.717) is 40.0 Å². The summed E-state index contributed by atoms with van der Waals surface area (Å²) in [6.45, 7) is 2.88. The second-order valence-electron chi connectivity index (χ2n) is 6.11. The van der Waals surface area contributed by atoms with Crippen LogP contribution in [-0.2, 0) is 6.54 Å². The molecule has 4 rings (SSSR count). The van der Waals surface area contributed by atoms with Gasteiger partial charge in [-0.1, -0.05) is 59.9 Å². The molecule has 0 bridgehead atoms. The van der Waals surface area contributed by atoms with Crippen molar-refractivity contribution in [3.63, 3.8) is 0 Å². The van der Waals surface area contributed by atoms with Crippen molar-refractivity contribution in [1.82, 2.24) is 19.7 Å². The maximum absolute atomic E-state index is 13.2. The van der Waals surface area contributed by atoms with E-state index in [1.165, 1.54) is 15.9 Å². The van der Waals surface area contributed by atoms with Crippen LogP contribution >= 0.6 is 11.3 Å². The van der Waals surface area contributed by atoms with Crippen LogP contribution in [-0.4, -0.2) is 26.3 Å². The summed E-state index contributed by atoms with van der Waals surface area (Å²) >= 11 is 1.31. The van der Waals surface area contributed by atoms with E-state index in [-0.39, 0.29) is 5.56 Å². The fourth-order valence-corrected chi connectivity index (χ4v) is 3.56. The van der Waals surface area contributed by atoms with Crippen LogP contribution in [0.2, 0.25) is 0 Å². The van der Waals surface area contributed by atoms with E-state index in [9.17, 15) is 4.79 Å². The molecular formula is C21H18N6OS. The summed E-state index contributed by atoms with van der Waals surface area (Å²) in [6, 6.07) is 17.1. The van der Waals surface area contributed by atoms with Crippen LogP contribution in [0, 0.1) is 0 Å². The first-order valence-electron chi connectivity index (χ1n) is 9.17.